The number of rotatable bonds is 25. The van der Waals surface area contributed by atoms with Gasteiger partial charge in [-0.25, -0.2) is 9.78 Å². The highest BCUT2D eigenvalue weighted by Crippen LogP contribution is 2.13. The molecule has 1 heterocycles. The molecule has 0 radical (unpaired) electrons. The molecule has 0 saturated carbocycles. The summed E-state index contributed by atoms with van der Waals surface area (Å²) in [6.07, 6.45) is 0.471. The highest BCUT2D eigenvalue weighted by atomic mass is 16.4. The zero-order chi connectivity index (χ0) is 43.5. The molecule has 23 heteroatoms. The summed E-state index contributed by atoms with van der Waals surface area (Å²) >= 11 is 0. The SMILES string of the molecule is CC(C)C[C@H](NC(=O)[C@@H](N)CC(=O)O)C(=O)N[C@@H](CC(=O)O)C(=O)N[C@@H](Cc1ccc(O)cc1)C(=O)N[C@@H](Cc1cnc[nH]1)C(=O)N[C@@H](CCCN=C(N)N)C(=O)O. The van der Waals surface area contributed by atoms with Crippen molar-refractivity contribution in [2.45, 2.75) is 95.0 Å². The Morgan fingerprint density at radius 2 is 1.24 bits per heavy atom. The van der Waals surface area contributed by atoms with E-state index in [4.69, 9.17) is 22.3 Å². The van der Waals surface area contributed by atoms with Crippen LogP contribution < -0.4 is 43.8 Å². The molecular weight excluding hydrogens is 766 g/mol. The van der Waals surface area contributed by atoms with Gasteiger partial charge in [-0.2, -0.15) is 0 Å². The van der Waals surface area contributed by atoms with E-state index in [1.807, 2.05) is 0 Å². The fraction of sp³-hybridized carbons (Fsp3) is 0.486. The van der Waals surface area contributed by atoms with Crippen molar-refractivity contribution < 1.29 is 58.8 Å². The van der Waals surface area contributed by atoms with E-state index in [1.54, 1.807) is 13.8 Å². The summed E-state index contributed by atoms with van der Waals surface area (Å²) in [4.78, 5) is 113. The zero-order valence-electron chi connectivity index (χ0n) is 31.8. The van der Waals surface area contributed by atoms with Gasteiger partial charge in [0.15, 0.2) is 5.96 Å². The lowest BCUT2D eigenvalue weighted by Crippen LogP contribution is -2.60. The molecule has 0 aliphatic rings. The average molecular weight is 818 g/mol. The third kappa shape index (κ3) is 17.3. The van der Waals surface area contributed by atoms with Crippen LogP contribution in [0.5, 0.6) is 5.75 Å². The Morgan fingerprint density at radius 3 is 1.76 bits per heavy atom. The van der Waals surface area contributed by atoms with Crippen LogP contribution in [0.2, 0.25) is 0 Å². The van der Waals surface area contributed by atoms with E-state index in [0.29, 0.717) is 11.3 Å². The number of carboxylic acid groups (broad SMARTS) is 3. The number of nitrogens with one attached hydrogen (secondary N) is 6. The minimum atomic E-state index is -1.83. The third-order valence-corrected chi connectivity index (χ3v) is 8.26. The Balaban J connectivity index is 2.42. The molecule has 1 aromatic heterocycles. The average Bonchev–Trinajstić information content (AvgIpc) is 3.64. The van der Waals surface area contributed by atoms with Gasteiger partial charge in [0.25, 0.3) is 0 Å². The molecule has 0 aliphatic heterocycles. The molecule has 2 rings (SSSR count). The number of guanidine groups is 1. The number of aliphatic imine (C=N–C) groups is 1. The minimum Gasteiger partial charge on any atom is -0.508 e. The summed E-state index contributed by atoms with van der Waals surface area (Å²) in [5.74, 6) is -9.91. The van der Waals surface area contributed by atoms with Crippen LogP contribution in [-0.4, -0.2) is 127 Å². The standard InChI is InChI=1S/C35H51N11O12/c1-17(2)10-23(43-29(52)21(36)13-27(48)49)30(53)46-26(14-28(50)51)33(56)44-24(11-18-5-7-20(47)8-6-18)31(54)45-25(12-19-15-39-16-41-19)32(55)42-22(34(57)58)4-3-9-40-35(37)38/h5-8,15-17,21-26,47H,3-4,9-14,36H2,1-2H3,(H,39,41)(H,42,55)(H,43,52)(H,44,56)(H,45,54)(H,46,53)(H,48,49)(H,50,51)(H,57,58)(H4,37,38,40)/t21-,22-,23-,24-,25-,26-/m0/s1. The number of nitrogens with zero attached hydrogens (tertiary/aromatic N) is 2. The summed E-state index contributed by atoms with van der Waals surface area (Å²) in [6, 6.07) is -3.73. The van der Waals surface area contributed by atoms with Crippen molar-refractivity contribution in [3.63, 3.8) is 0 Å². The summed E-state index contributed by atoms with van der Waals surface area (Å²) in [7, 11) is 0. The topological polar surface area (TPSA) is 397 Å². The van der Waals surface area contributed by atoms with Crippen LogP contribution in [0.15, 0.2) is 41.8 Å². The number of carbonyl (C=O) groups is 8. The number of H-pyrrole nitrogens is 1. The number of hydrogen-bond acceptors (Lipinski definition) is 12. The van der Waals surface area contributed by atoms with E-state index in [-0.39, 0.29) is 56.3 Å². The molecule has 1 aromatic carbocycles. The molecule has 0 saturated heterocycles. The second-order valence-electron chi connectivity index (χ2n) is 13.7. The first kappa shape index (κ1) is 47.4. The van der Waals surface area contributed by atoms with Gasteiger partial charge in [-0.1, -0.05) is 26.0 Å². The summed E-state index contributed by atoms with van der Waals surface area (Å²) in [6.45, 7) is 3.48. The summed E-state index contributed by atoms with van der Waals surface area (Å²) in [5.41, 5.74) is 17.0. The van der Waals surface area contributed by atoms with Crippen molar-refractivity contribution in [1.82, 2.24) is 36.6 Å². The number of aromatic nitrogens is 2. The van der Waals surface area contributed by atoms with Crippen molar-refractivity contribution in [3.05, 3.63) is 48.0 Å². The number of aromatic amines is 1. The third-order valence-electron chi connectivity index (χ3n) is 8.26. The number of carbonyl (C=O) groups excluding carboxylic acids is 5. The van der Waals surface area contributed by atoms with E-state index in [0.717, 1.165) is 0 Å². The Hall–Kier alpha value is -6.78. The molecule has 0 unspecified atom stereocenters. The largest absolute Gasteiger partial charge is 0.508 e. The van der Waals surface area contributed by atoms with Crippen molar-refractivity contribution in [2.24, 2.45) is 28.1 Å². The maximum atomic E-state index is 14.0. The zero-order valence-corrected chi connectivity index (χ0v) is 31.8. The first-order chi connectivity index (χ1) is 27.2. The molecule has 0 fully saturated rings. The predicted octanol–water partition coefficient (Wildman–Crippen LogP) is -3.21. The summed E-state index contributed by atoms with van der Waals surface area (Å²) < 4.78 is 0. The van der Waals surface area contributed by atoms with Crippen molar-refractivity contribution >= 4 is 53.4 Å². The van der Waals surface area contributed by atoms with Gasteiger partial charge >= 0.3 is 17.9 Å². The van der Waals surface area contributed by atoms with Crippen LogP contribution in [-0.2, 0) is 51.2 Å². The molecule has 318 valence electrons. The van der Waals surface area contributed by atoms with E-state index in [1.165, 1.54) is 36.8 Å². The van der Waals surface area contributed by atoms with E-state index < -0.39 is 96.5 Å². The van der Waals surface area contributed by atoms with E-state index >= 15 is 0 Å². The number of aliphatic carboxylic acids is 3. The molecule has 0 aliphatic carbocycles. The lowest BCUT2D eigenvalue weighted by Gasteiger charge is -2.27. The molecule has 0 bridgehead atoms. The number of imidazole rings is 1. The van der Waals surface area contributed by atoms with Gasteiger partial charge in [0.05, 0.1) is 25.2 Å². The molecule has 2 aromatic rings. The number of aromatic hydroxyl groups is 1. The Kier molecular flexibility index (Phi) is 19.1. The molecule has 16 N–H and O–H groups in total. The van der Waals surface area contributed by atoms with E-state index in [2.05, 4.69) is 41.5 Å². The van der Waals surface area contributed by atoms with Gasteiger partial charge in [-0.05, 0) is 42.9 Å². The molecule has 6 atom stereocenters. The fourth-order valence-corrected chi connectivity index (χ4v) is 5.40. The number of hydrogen-bond donors (Lipinski definition) is 13. The quantitative estimate of drug-likeness (QED) is 0.0266. The molecule has 58 heavy (non-hydrogen) atoms. The maximum Gasteiger partial charge on any atom is 0.326 e. The lowest BCUT2D eigenvalue weighted by molar-refractivity contribution is -0.142. The van der Waals surface area contributed by atoms with Gasteiger partial charge in [-0.3, -0.25) is 38.6 Å². The Bertz CT molecular complexity index is 1770. The predicted molar refractivity (Wildman–Crippen MR) is 203 cm³/mol. The van der Waals surface area contributed by atoms with Crippen LogP contribution >= 0.6 is 0 Å². The highest BCUT2D eigenvalue weighted by Gasteiger charge is 2.34. The number of phenolic OH excluding ortho intramolecular Hbond substituents is 1. The van der Waals surface area contributed by atoms with Crippen LogP contribution in [0, 0.1) is 5.92 Å². The monoisotopic (exact) mass is 817 g/mol. The van der Waals surface area contributed by atoms with Crippen molar-refractivity contribution in [2.75, 3.05) is 6.54 Å². The second kappa shape index (κ2) is 23.3. The molecule has 5 amide bonds. The minimum absolute atomic E-state index is 0.0244. The number of benzene rings is 1. The first-order valence-electron chi connectivity index (χ1n) is 18.0. The number of nitrogens with two attached hydrogens (primary N) is 3. The lowest BCUT2D eigenvalue weighted by atomic mass is 10.0. The highest BCUT2D eigenvalue weighted by molar-refractivity contribution is 5.98. The van der Waals surface area contributed by atoms with Crippen molar-refractivity contribution in [3.8, 4) is 5.75 Å². The smallest absolute Gasteiger partial charge is 0.326 e. The number of amides is 5. The molecular formula is C35H51N11O12. The van der Waals surface area contributed by atoms with Gasteiger partial charge < -0.3 is 69.2 Å². The van der Waals surface area contributed by atoms with Gasteiger partial charge in [-0.15, -0.1) is 0 Å². The van der Waals surface area contributed by atoms with E-state index in [9.17, 15) is 53.7 Å². The van der Waals surface area contributed by atoms with Gasteiger partial charge in [0, 0.05) is 31.3 Å². The van der Waals surface area contributed by atoms with Gasteiger partial charge in [0.1, 0.15) is 36.0 Å². The van der Waals surface area contributed by atoms with Gasteiger partial charge in [0.2, 0.25) is 29.5 Å². The van der Waals surface area contributed by atoms with Crippen molar-refractivity contribution in [1.29, 1.82) is 0 Å². The molecule has 23 nitrogen and oxygen atoms in total. The van der Waals surface area contributed by atoms with Crippen LogP contribution in [0.1, 0.15) is 57.2 Å². The Labute approximate surface area is 332 Å². The second-order valence-corrected chi connectivity index (χ2v) is 13.7. The first-order valence-corrected chi connectivity index (χ1v) is 18.0. The maximum absolute atomic E-state index is 14.0. The van der Waals surface area contributed by atoms with Crippen LogP contribution in [0.4, 0.5) is 0 Å². The molecule has 0 spiro atoms. The summed E-state index contributed by atoms with van der Waals surface area (Å²) in [5, 5.41) is 50.2. The van der Waals surface area contributed by atoms with Crippen LogP contribution in [0.25, 0.3) is 0 Å². The number of carboxylic acids is 3. The normalized spacial score (nSPS) is 14.0. The van der Waals surface area contributed by atoms with Crippen LogP contribution in [0.3, 0.4) is 0 Å². The fourth-order valence-electron chi connectivity index (χ4n) is 5.40. The number of phenols is 1. The Morgan fingerprint density at radius 1 is 0.724 bits per heavy atom.